The quantitative estimate of drug-likeness (QED) is 0.501. The molecule has 0 saturated heterocycles. The minimum atomic E-state index is -0.240. The molecule has 2 nitrogen and oxygen atoms in total. The third-order valence-corrected chi connectivity index (χ3v) is 3.88. The van der Waals surface area contributed by atoms with Gasteiger partial charge in [-0.05, 0) is 47.5 Å². The number of pyridine rings is 1. The van der Waals surface area contributed by atoms with Gasteiger partial charge in [-0.3, -0.25) is 0 Å². The van der Waals surface area contributed by atoms with E-state index in [2.05, 4.69) is 29.3 Å². The summed E-state index contributed by atoms with van der Waals surface area (Å²) in [5, 5.41) is 0. The first kappa shape index (κ1) is 14.4. The molecule has 0 fully saturated rings. The summed E-state index contributed by atoms with van der Waals surface area (Å²) in [7, 11) is 0. The molecule has 0 spiro atoms. The van der Waals surface area contributed by atoms with Gasteiger partial charge in [0.2, 0.25) is 0 Å². The molecule has 2 heterocycles. The Kier molecular flexibility index (Phi) is 3.67. The van der Waals surface area contributed by atoms with E-state index >= 15 is 0 Å². The van der Waals surface area contributed by atoms with Gasteiger partial charge in [0.25, 0.3) is 0 Å². The van der Waals surface area contributed by atoms with Crippen LogP contribution in [0.5, 0.6) is 0 Å². The summed E-state index contributed by atoms with van der Waals surface area (Å²) < 4.78 is 15.0. The summed E-state index contributed by atoms with van der Waals surface area (Å²) in [6, 6.07) is 20.6. The van der Waals surface area contributed by atoms with E-state index in [9.17, 15) is 4.39 Å². The summed E-state index contributed by atoms with van der Waals surface area (Å²) >= 11 is 0. The number of fused-ring (bicyclic) bond motifs is 1. The number of imidazole rings is 1. The van der Waals surface area contributed by atoms with Crippen LogP contribution in [0.4, 0.5) is 4.39 Å². The van der Waals surface area contributed by atoms with Gasteiger partial charge in [0.15, 0.2) is 0 Å². The molecule has 0 radical (unpaired) electrons. The van der Waals surface area contributed by atoms with Crippen molar-refractivity contribution < 1.29 is 4.39 Å². The highest BCUT2D eigenvalue weighted by Gasteiger charge is 2.04. The summed E-state index contributed by atoms with van der Waals surface area (Å²) in [6.45, 7) is 0. The normalized spacial score (nSPS) is 11.4. The third-order valence-electron chi connectivity index (χ3n) is 3.88. The molecule has 2 aromatic heterocycles. The third kappa shape index (κ3) is 2.97. The Morgan fingerprint density at radius 1 is 0.750 bits per heavy atom. The van der Waals surface area contributed by atoms with Crippen molar-refractivity contribution in [3.8, 4) is 11.3 Å². The lowest BCUT2D eigenvalue weighted by Crippen LogP contribution is -1.83. The maximum absolute atomic E-state index is 13.1. The number of nitrogens with zero attached hydrogens (tertiary/aromatic N) is 2. The minimum Gasteiger partial charge on any atom is -0.306 e. The van der Waals surface area contributed by atoms with Gasteiger partial charge in [0, 0.05) is 18.0 Å². The largest absolute Gasteiger partial charge is 0.306 e. The number of hydrogen-bond acceptors (Lipinski definition) is 1. The zero-order valence-electron chi connectivity index (χ0n) is 12.9. The van der Waals surface area contributed by atoms with Crippen molar-refractivity contribution in [2.75, 3.05) is 0 Å². The van der Waals surface area contributed by atoms with E-state index in [1.807, 2.05) is 47.1 Å². The average Bonchev–Trinajstić information content (AvgIpc) is 3.05. The molecule has 0 aliphatic carbocycles. The Bertz CT molecular complexity index is 999. The van der Waals surface area contributed by atoms with Crippen molar-refractivity contribution in [2.24, 2.45) is 0 Å². The number of rotatable bonds is 3. The van der Waals surface area contributed by atoms with Gasteiger partial charge in [-0.2, -0.15) is 0 Å². The fraction of sp³-hybridized carbons (Fsp3) is 0. The first-order valence-corrected chi connectivity index (χ1v) is 7.76. The Labute approximate surface area is 139 Å². The molecular weight excluding hydrogens is 299 g/mol. The van der Waals surface area contributed by atoms with Crippen LogP contribution in [0.2, 0.25) is 0 Å². The molecule has 4 rings (SSSR count). The van der Waals surface area contributed by atoms with Crippen molar-refractivity contribution in [1.82, 2.24) is 9.38 Å². The molecule has 0 unspecified atom stereocenters. The second-order valence-corrected chi connectivity index (χ2v) is 5.60. The first-order chi connectivity index (χ1) is 11.8. The Morgan fingerprint density at radius 3 is 2.29 bits per heavy atom. The Balaban J connectivity index is 1.66. The van der Waals surface area contributed by atoms with E-state index in [1.165, 1.54) is 12.1 Å². The first-order valence-electron chi connectivity index (χ1n) is 7.76. The number of aromatic nitrogens is 2. The van der Waals surface area contributed by atoms with Crippen molar-refractivity contribution in [3.05, 3.63) is 96.1 Å². The molecule has 24 heavy (non-hydrogen) atoms. The molecule has 0 aliphatic rings. The molecule has 0 N–H and O–H groups in total. The van der Waals surface area contributed by atoms with Crippen molar-refractivity contribution in [1.29, 1.82) is 0 Å². The van der Waals surface area contributed by atoms with Crippen LogP contribution in [0.3, 0.4) is 0 Å². The molecule has 4 aromatic rings. The molecule has 2 aromatic carbocycles. The molecule has 116 valence electrons. The van der Waals surface area contributed by atoms with Gasteiger partial charge in [-0.25, -0.2) is 9.37 Å². The molecular formula is C21H15FN2. The van der Waals surface area contributed by atoms with E-state index in [0.29, 0.717) is 0 Å². The fourth-order valence-electron chi connectivity index (χ4n) is 2.62. The van der Waals surface area contributed by atoms with Crippen molar-refractivity contribution in [2.45, 2.75) is 0 Å². The van der Waals surface area contributed by atoms with Crippen LogP contribution in [0, 0.1) is 5.82 Å². The number of halogens is 1. The Hall–Kier alpha value is -3.20. The lowest BCUT2D eigenvalue weighted by molar-refractivity contribution is 0.628. The van der Waals surface area contributed by atoms with E-state index in [1.54, 1.807) is 12.1 Å². The van der Waals surface area contributed by atoms with Crippen molar-refractivity contribution >= 4 is 17.8 Å². The van der Waals surface area contributed by atoms with Gasteiger partial charge in [0.1, 0.15) is 11.5 Å². The van der Waals surface area contributed by atoms with Crippen LogP contribution in [-0.4, -0.2) is 9.38 Å². The van der Waals surface area contributed by atoms with Crippen molar-refractivity contribution in [3.63, 3.8) is 0 Å². The maximum atomic E-state index is 13.1. The van der Waals surface area contributed by atoms with Crippen LogP contribution in [0.25, 0.3) is 29.1 Å². The standard InChI is InChI=1S/C21H15FN2/c22-19-11-9-18(10-12-19)20-15-24-14-17(8-13-21(24)23-20)7-6-16-4-2-1-3-5-16/h1-15H/b7-6+. The molecule has 3 heteroatoms. The summed E-state index contributed by atoms with van der Waals surface area (Å²) in [6.07, 6.45) is 8.16. The summed E-state index contributed by atoms with van der Waals surface area (Å²) in [5.74, 6) is -0.240. The number of hydrogen-bond donors (Lipinski definition) is 0. The van der Waals surface area contributed by atoms with Crippen LogP contribution in [-0.2, 0) is 0 Å². The second-order valence-electron chi connectivity index (χ2n) is 5.60. The topological polar surface area (TPSA) is 17.3 Å². The van der Waals surface area contributed by atoms with Crippen LogP contribution in [0.15, 0.2) is 79.1 Å². The lowest BCUT2D eigenvalue weighted by Gasteiger charge is -1.96. The summed E-state index contributed by atoms with van der Waals surface area (Å²) in [4.78, 5) is 4.59. The highest BCUT2D eigenvalue weighted by molar-refractivity contribution is 5.70. The average molecular weight is 314 g/mol. The SMILES string of the molecule is Fc1ccc(-c2cn3cc(/C=C/c4ccccc4)ccc3n2)cc1. The molecule has 0 saturated carbocycles. The Morgan fingerprint density at radius 2 is 1.50 bits per heavy atom. The molecule has 0 amide bonds. The molecule has 0 atom stereocenters. The van der Waals surface area contributed by atoms with Gasteiger partial charge in [-0.15, -0.1) is 0 Å². The predicted molar refractivity (Wildman–Crippen MR) is 96.0 cm³/mol. The van der Waals surface area contributed by atoms with E-state index < -0.39 is 0 Å². The zero-order valence-corrected chi connectivity index (χ0v) is 12.9. The second kappa shape index (κ2) is 6.13. The van der Waals surface area contributed by atoms with Crippen LogP contribution < -0.4 is 0 Å². The van der Waals surface area contributed by atoms with Gasteiger partial charge in [0.05, 0.1) is 5.69 Å². The van der Waals surface area contributed by atoms with E-state index in [-0.39, 0.29) is 5.82 Å². The maximum Gasteiger partial charge on any atom is 0.137 e. The number of benzene rings is 2. The summed E-state index contributed by atoms with van der Waals surface area (Å²) in [5.41, 5.74) is 4.86. The molecule has 0 aliphatic heterocycles. The van der Waals surface area contributed by atoms with Crippen LogP contribution >= 0.6 is 0 Å². The van der Waals surface area contributed by atoms with E-state index in [0.717, 1.165) is 28.0 Å². The highest BCUT2D eigenvalue weighted by atomic mass is 19.1. The van der Waals surface area contributed by atoms with Gasteiger partial charge < -0.3 is 4.40 Å². The fourth-order valence-corrected chi connectivity index (χ4v) is 2.62. The monoisotopic (exact) mass is 314 g/mol. The zero-order chi connectivity index (χ0) is 16.4. The highest BCUT2D eigenvalue weighted by Crippen LogP contribution is 2.20. The molecule has 0 bridgehead atoms. The predicted octanol–water partition coefficient (Wildman–Crippen LogP) is 5.31. The smallest absolute Gasteiger partial charge is 0.137 e. The van der Waals surface area contributed by atoms with Gasteiger partial charge >= 0.3 is 0 Å². The van der Waals surface area contributed by atoms with E-state index in [4.69, 9.17) is 0 Å². The van der Waals surface area contributed by atoms with Gasteiger partial charge in [-0.1, -0.05) is 42.5 Å². The lowest BCUT2D eigenvalue weighted by atomic mass is 10.2. The van der Waals surface area contributed by atoms with Crippen LogP contribution in [0.1, 0.15) is 11.1 Å². The minimum absolute atomic E-state index is 0.240.